The molecule has 0 heterocycles. The Morgan fingerprint density at radius 2 is 1.95 bits per heavy atom. The van der Waals surface area contributed by atoms with E-state index in [9.17, 15) is 9.90 Å². The minimum Gasteiger partial charge on any atom is -0.480 e. The van der Waals surface area contributed by atoms with E-state index in [1.54, 1.807) is 7.05 Å². The number of ether oxygens (including phenoxy) is 1. The van der Waals surface area contributed by atoms with E-state index in [1.165, 1.54) is 25.7 Å². The van der Waals surface area contributed by atoms with Crippen molar-refractivity contribution in [3.63, 3.8) is 0 Å². The molecule has 0 aromatic rings. The number of carboxylic acid groups (broad SMARTS) is 1. The number of aliphatic carboxylic acids is 1. The van der Waals surface area contributed by atoms with Crippen molar-refractivity contribution in [3.05, 3.63) is 0 Å². The first-order chi connectivity index (χ1) is 9.52. The van der Waals surface area contributed by atoms with Crippen molar-refractivity contribution in [2.24, 2.45) is 0 Å². The number of hydrogen-bond donors (Lipinski definition) is 2. The Balaban J connectivity index is 3.80. The van der Waals surface area contributed by atoms with Crippen LogP contribution in [-0.4, -0.2) is 36.4 Å². The molecule has 0 aliphatic carbocycles. The van der Waals surface area contributed by atoms with Gasteiger partial charge in [0.05, 0.1) is 6.10 Å². The second-order valence-corrected chi connectivity index (χ2v) is 5.63. The molecule has 0 amide bonds. The number of carboxylic acids is 1. The summed E-state index contributed by atoms with van der Waals surface area (Å²) in [5.41, 5.74) is -0.798. The maximum Gasteiger partial charge on any atom is 0.323 e. The number of carbonyl (C=O) groups is 1. The molecule has 0 aromatic carbocycles. The van der Waals surface area contributed by atoms with Crippen molar-refractivity contribution in [2.75, 3.05) is 13.7 Å². The van der Waals surface area contributed by atoms with E-state index in [0.29, 0.717) is 19.4 Å². The summed E-state index contributed by atoms with van der Waals surface area (Å²) in [5, 5.41) is 12.2. The highest BCUT2D eigenvalue weighted by molar-refractivity contribution is 5.78. The third-order valence-electron chi connectivity index (χ3n) is 4.11. The van der Waals surface area contributed by atoms with Gasteiger partial charge in [-0.1, -0.05) is 39.5 Å². The highest BCUT2D eigenvalue weighted by Crippen LogP contribution is 2.18. The molecule has 2 atom stereocenters. The number of likely N-dealkylation sites (N-methyl/N-ethyl adjacent to an activating group) is 1. The third-order valence-corrected chi connectivity index (χ3v) is 4.11. The van der Waals surface area contributed by atoms with Crippen molar-refractivity contribution in [1.29, 1.82) is 0 Å². The second kappa shape index (κ2) is 11.1. The largest absolute Gasteiger partial charge is 0.480 e. The molecular weight excluding hydrogens is 254 g/mol. The monoisotopic (exact) mass is 287 g/mol. The van der Waals surface area contributed by atoms with E-state index < -0.39 is 11.5 Å². The van der Waals surface area contributed by atoms with Crippen LogP contribution in [0.1, 0.15) is 72.1 Å². The normalized spacial score (nSPS) is 15.8. The average Bonchev–Trinajstić information content (AvgIpc) is 2.44. The molecule has 0 aliphatic rings. The highest BCUT2D eigenvalue weighted by atomic mass is 16.5. The smallest absolute Gasteiger partial charge is 0.323 e. The molecule has 4 heteroatoms. The fraction of sp³-hybridized carbons (Fsp3) is 0.938. The minimum absolute atomic E-state index is 0.280. The van der Waals surface area contributed by atoms with Gasteiger partial charge in [-0.3, -0.25) is 4.79 Å². The van der Waals surface area contributed by atoms with Crippen LogP contribution in [0.15, 0.2) is 0 Å². The molecule has 0 bridgehead atoms. The Morgan fingerprint density at radius 1 is 1.25 bits per heavy atom. The topological polar surface area (TPSA) is 58.6 Å². The Kier molecular flexibility index (Phi) is 10.8. The lowest BCUT2D eigenvalue weighted by Gasteiger charge is -2.27. The molecule has 2 N–H and O–H groups in total. The van der Waals surface area contributed by atoms with Gasteiger partial charge in [-0.15, -0.1) is 0 Å². The molecule has 0 spiro atoms. The Morgan fingerprint density at radius 3 is 2.45 bits per heavy atom. The molecule has 0 fully saturated rings. The van der Waals surface area contributed by atoms with Crippen LogP contribution < -0.4 is 5.32 Å². The molecule has 2 unspecified atom stereocenters. The van der Waals surface area contributed by atoms with Gasteiger partial charge in [0.1, 0.15) is 5.54 Å². The zero-order valence-corrected chi connectivity index (χ0v) is 13.7. The van der Waals surface area contributed by atoms with Crippen molar-refractivity contribution < 1.29 is 14.6 Å². The van der Waals surface area contributed by atoms with E-state index in [4.69, 9.17) is 4.74 Å². The molecule has 4 nitrogen and oxygen atoms in total. The van der Waals surface area contributed by atoms with Crippen LogP contribution in [0.3, 0.4) is 0 Å². The van der Waals surface area contributed by atoms with Crippen LogP contribution in [-0.2, 0) is 9.53 Å². The fourth-order valence-corrected chi connectivity index (χ4v) is 2.44. The van der Waals surface area contributed by atoms with E-state index >= 15 is 0 Å². The summed E-state index contributed by atoms with van der Waals surface area (Å²) in [5.74, 6) is -0.768. The van der Waals surface area contributed by atoms with Gasteiger partial charge in [-0.25, -0.2) is 0 Å². The molecule has 0 saturated heterocycles. The van der Waals surface area contributed by atoms with Crippen LogP contribution >= 0.6 is 0 Å². The minimum atomic E-state index is -0.798. The first-order valence-corrected chi connectivity index (χ1v) is 8.06. The zero-order chi connectivity index (χ0) is 15.4. The summed E-state index contributed by atoms with van der Waals surface area (Å²) in [6, 6.07) is 0. The van der Waals surface area contributed by atoms with E-state index in [0.717, 1.165) is 12.8 Å². The number of hydrogen-bond acceptors (Lipinski definition) is 3. The molecule has 0 aliphatic heterocycles. The predicted molar refractivity (Wildman–Crippen MR) is 83.1 cm³/mol. The summed E-state index contributed by atoms with van der Waals surface area (Å²) < 4.78 is 5.77. The van der Waals surface area contributed by atoms with Crippen molar-refractivity contribution in [3.8, 4) is 0 Å². The number of nitrogens with one attached hydrogen (secondary N) is 1. The van der Waals surface area contributed by atoms with Crippen LogP contribution in [0.5, 0.6) is 0 Å². The molecule has 0 aromatic heterocycles. The lowest BCUT2D eigenvalue weighted by atomic mass is 9.91. The molecular formula is C16H33NO3. The first kappa shape index (κ1) is 19.4. The summed E-state index contributed by atoms with van der Waals surface area (Å²) in [7, 11) is 1.72. The van der Waals surface area contributed by atoms with Crippen molar-refractivity contribution >= 4 is 5.97 Å². The van der Waals surface area contributed by atoms with Crippen molar-refractivity contribution in [1.82, 2.24) is 5.32 Å². The van der Waals surface area contributed by atoms with Crippen molar-refractivity contribution in [2.45, 2.75) is 83.8 Å². The van der Waals surface area contributed by atoms with Crippen LogP contribution in [0.25, 0.3) is 0 Å². The maximum atomic E-state index is 11.3. The molecule has 0 radical (unpaired) electrons. The van der Waals surface area contributed by atoms with Crippen LogP contribution in [0.2, 0.25) is 0 Å². The van der Waals surface area contributed by atoms with Crippen LogP contribution in [0, 0.1) is 0 Å². The van der Waals surface area contributed by atoms with Gasteiger partial charge in [0.2, 0.25) is 0 Å². The van der Waals surface area contributed by atoms with Gasteiger partial charge in [0.25, 0.3) is 0 Å². The quantitative estimate of drug-likeness (QED) is 0.508. The van der Waals surface area contributed by atoms with Gasteiger partial charge < -0.3 is 15.2 Å². The van der Waals surface area contributed by atoms with E-state index in [-0.39, 0.29) is 6.10 Å². The second-order valence-electron chi connectivity index (χ2n) is 5.63. The molecule has 0 rings (SSSR count). The van der Waals surface area contributed by atoms with Crippen LogP contribution in [0.4, 0.5) is 0 Å². The number of unbranched alkanes of at least 4 members (excludes halogenated alkanes) is 3. The lowest BCUT2D eigenvalue weighted by molar-refractivity contribution is -0.145. The Hall–Kier alpha value is -0.610. The molecule has 0 saturated carbocycles. The van der Waals surface area contributed by atoms with Gasteiger partial charge >= 0.3 is 5.97 Å². The molecule has 120 valence electrons. The zero-order valence-electron chi connectivity index (χ0n) is 13.7. The lowest BCUT2D eigenvalue weighted by Crippen LogP contribution is -2.50. The first-order valence-electron chi connectivity index (χ1n) is 8.06. The highest BCUT2D eigenvalue weighted by Gasteiger charge is 2.34. The van der Waals surface area contributed by atoms with Gasteiger partial charge in [-0.2, -0.15) is 0 Å². The Bertz CT molecular complexity index is 252. The number of rotatable bonds is 13. The molecule has 20 heavy (non-hydrogen) atoms. The van der Waals surface area contributed by atoms with Gasteiger partial charge in [0, 0.05) is 6.61 Å². The summed E-state index contributed by atoms with van der Waals surface area (Å²) in [4.78, 5) is 11.3. The standard InChI is InChI=1S/C16H33NO3/c1-5-7-8-9-11-14(3)20-13-10-12-16(6-2,17-4)15(18)19/h14,17H,5-13H2,1-4H3,(H,18,19). The average molecular weight is 287 g/mol. The van der Waals surface area contributed by atoms with Gasteiger partial charge in [0.15, 0.2) is 0 Å². The Labute approximate surface area is 124 Å². The van der Waals surface area contributed by atoms with E-state index in [2.05, 4.69) is 19.2 Å². The maximum absolute atomic E-state index is 11.3. The third kappa shape index (κ3) is 7.25. The van der Waals surface area contributed by atoms with Gasteiger partial charge in [-0.05, 0) is 39.7 Å². The van der Waals surface area contributed by atoms with E-state index in [1.807, 2.05) is 6.92 Å². The fourth-order valence-electron chi connectivity index (χ4n) is 2.44. The SMILES string of the molecule is CCCCCCC(C)OCCCC(CC)(NC)C(=O)O. The predicted octanol–water partition coefficient (Wildman–Crippen LogP) is 3.59. The summed E-state index contributed by atoms with van der Waals surface area (Å²) in [6.45, 7) is 6.87. The summed E-state index contributed by atoms with van der Waals surface area (Å²) >= 11 is 0. The summed E-state index contributed by atoms with van der Waals surface area (Å²) in [6.07, 6.45) is 8.41.